The number of quaternary nitrogens is 1. The van der Waals surface area contributed by atoms with Crippen LogP contribution in [-0.4, -0.2) is 74.9 Å². The number of carbonyl (C=O) groups excluding carboxylic acids is 2. The Morgan fingerprint density at radius 3 is 1.49 bits per heavy atom. The van der Waals surface area contributed by atoms with E-state index in [4.69, 9.17) is 18.5 Å². The summed E-state index contributed by atoms with van der Waals surface area (Å²) in [5.41, 5.74) is 0. The molecule has 0 aliphatic heterocycles. The first kappa shape index (κ1) is 54.5. The van der Waals surface area contributed by atoms with Gasteiger partial charge in [-0.1, -0.05) is 138 Å². The molecular weight excluding hydrogens is 737 g/mol. The Kier molecular flexibility index (Phi) is 37.2. The van der Waals surface area contributed by atoms with E-state index in [1.54, 1.807) is 0 Å². The molecule has 1 N–H and O–H groups in total. The number of likely N-dealkylation sites (N-methyl/N-ethyl adjacent to an activating group) is 1. The zero-order valence-corrected chi connectivity index (χ0v) is 37.7. The molecule has 0 heterocycles. The predicted octanol–water partition coefficient (Wildman–Crippen LogP) is 12.6. The molecule has 0 spiro atoms. The van der Waals surface area contributed by atoms with Crippen molar-refractivity contribution in [2.45, 2.75) is 168 Å². The van der Waals surface area contributed by atoms with E-state index in [0.717, 1.165) is 89.9 Å². The highest BCUT2D eigenvalue weighted by Gasteiger charge is 2.27. The van der Waals surface area contributed by atoms with Crippen molar-refractivity contribution >= 4 is 19.8 Å². The van der Waals surface area contributed by atoms with Gasteiger partial charge in [-0.05, 0) is 83.5 Å². The van der Waals surface area contributed by atoms with Gasteiger partial charge in [0.05, 0.1) is 27.7 Å². The van der Waals surface area contributed by atoms with Crippen molar-refractivity contribution in [3.05, 3.63) is 72.9 Å². The number of esters is 2. The average molecular weight is 821 g/mol. The second kappa shape index (κ2) is 38.9. The fourth-order valence-corrected chi connectivity index (χ4v) is 6.25. The van der Waals surface area contributed by atoms with Gasteiger partial charge in [-0.3, -0.25) is 18.6 Å². The van der Waals surface area contributed by atoms with Crippen molar-refractivity contribution in [1.29, 1.82) is 0 Å². The molecule has 0 saturated heterocycles. The lowest BCUT2D eigenvalue weighted by Gasteiger charge is -2.24. The molecule has 0 aromatic carbocycles. The van der Waals surface area contributed by atoms with Crippen LogP contribution in [0.3, 0.4) is 0 Å². The maximum atomic E-state index is 12.7. The quantitative estimate of drug-likeness (QED) is 0.0215. The lowest BCUT2D eigenvalue weighted by Crippen LogP contribution is -2.37. The number of ether oxygens (including phenoxy) is 2. The normalized spacial score (nSPS) is 14.3. The molecule has 0 aromatic heterocycles. The van der Waals surface area contributed by atoms with Crippen LogP contribution < -0.4 is 0 Å². The fourth-order valence-electron chi connectivity index (χ4n) is 5.50. The Hall–Kier alpha value is -2.55. The van der Waals surface area contributed by atoms with Crippen LogP contribution >= 0.6 is 7.82 Å². The fraction of sp³-hybridized carbons (Fsp3) is 0.702. The van der Waals surface area contributed by atoms with E-state index in [9.17, 15) is 19.0 Å². The van der Waals surface area contributed by atoms with Gasteiger partial charge in [-0.25, -0.2) is 4.57 Å². The molecule has 0 aliphatic carbocycles. The summed E-state index contributed by atoms with van der Waals surface area (Å²) in [6.45, 7) is 4.23. The first-order valence-electron chi connectivity index (χ1n) is 22.2. The highest BCUT2D eigenvalue weighted by Crippen LogP contribution is 2.43. The number of hydrogen-bond donors (Lipinski definition) is 1. The Morgan fingerprint density at radius 1 is 0.561 bits per heavy atom. The van der Waals surface area contributed by atoms with Crippen molar-refractivity contribution in [3.8, 4) is 0 Å². The largest absolute Gasteiger partial charge is 0.472 e. The summed E-state index contributed by atoms with van der Waals surface area (Å²) >= 11 is 0. The summed E-state index contributed by atoms with van der Waals surface area (Å²) in [7, 11) is 1.44. The Bertz CT molecular complexity index is 1200. The van der Waals surface area contributed by atoms with Gasteiger partial charge in [-0.15, -0.1) is 0 Å². The zero-order valence-electron chi connectivity index (χ0n) is 36.8. The second-order valence-corrected chi connectivity index (χ2v) is 17.1. The van der Waals surface area contributed by atoms with Gasteiger partial charge in [0.15, 0.2) is 6.10 Å². The van der Waals surface area contributed by atoms with Crippen LogP contribution in [0.25, 0.3) is 0 Å². The number of allylic oxidation sites excluding steroid dienone is 12. The summed E-state index contributed by atoms with van der Waals surface area (Å²) in [6.07, 6.45) is 48.0. The summed E-state index contributed by atoms with van der Waals surface area (Å²) in [5, 5.41) is 0. The van der Waals surface area contributed by atoms with Crippen molar-refractivity contribution in [2.75, 3.05) is 47.5 Å². The molecule has 2 unspecified atom stereocenters. The molecule has 10 heteroatoms. The third-order valence-electron chi connectivity index (χ3n) is 8.97. The molecule has 0 bridgehead atoms. The van der Waals surface area contributed by atoms with E-state index in [0.29, 0.717) is 23.9 Å². The minimum absolute atomic E-state index is 0.0204. The monoisotopic (exact) mass is 821 g/mol. The lowest BCUT2D eigenvalue weighted by atomic mass is 10.1. The van der Waals surface area contributed by atoms with Gasteiger partial charge in [-0.2, -0.15) is 0 Å². The summed E-state index contributed by atoms with van der Waals surface area (Å²) in [4.78, 5) is 35.4. The van der Waals surface area contributed by atoms with Crippen LogP contribution in [0.15, 0.2) is 72.9 Å². The van der Waals surface area contributed by atoms with Gasteiger partial charge < -0.3 is 18.9 Å². The molecule has 0 amide bonds. The highest BCUT2D eigenvalue weighted by atomic mass is 31.2. The third-order valence-corrected chi connectivity index (χ3v) is 9.95. The molecule has 0 aromatic rings. The predicted molar refractivity (Wildman–Crippen MR) is 238 cm³/mol. The lowest BCUT2D eigenvalue weighted by molar-refractivity contribution is -0.870. The van der Waals surface area contributed by atoms with Gasteiger partial charge in [0.1, 0.15) is 19.8 Å². The van der Waals surface area contributed by atoms with Gasteiger partial charge >= 0.3 is 19.8 Å². The standard InChI is InChI=1S/C47H82NO8P/c1-6-8-10-12-14-16-18-20-22-24-26-28-30-32-34-36-38-40-47(50)56-45(44-55-57(51,52)54-42-41-48(3,4)5)43-53-46(49)39-37-35-33-31-29-27-25-23-21-19-17-15-13-11-9-7-2/h8,10,14,16-17,19-20,22-23,25-26,28,45H,6-7,9,11-13,15,18,21,24,27,29-44H2,1-5H3/p+1/b10-8-,16-14-,19-17-,22-20-,25-23-,28-26-. The van der Waals surface area contributed by atoms with E-state index in [2.05, 4.69) is 86.8 Å². The van der Waals surface area contributed by atoms with E-state index < -0.39 is 32.5 Å². The van der Waals surface area contributed by atoms with Crippen LogP contribution in [0.2, 0.25) is 0 Å². The maximum Gasteiger partial charge on any atom is 0.472 e. The first-order valence-corrected chi connectivity index (χ1v) is 23.7. The molecule has 0 saturated carbocycles. The van der Waals surface area contributed by atoms with Gasteiger partial charge in [0.25, 0.3) is 0 Å². The number of carbonyl (C=O) groups is 2. The molecule has 57 heavy (non-hydrogen) atoms. The van der Waals surface area contributed by atoms with Crippen LogP contribution in [0.5, 0.6) is 0 Å². The van der Waals surface area contributed by atoms with Gasteiger partial charge in [0.2, 0.25) is 0 Å². The number of unbranched alkanes of at least 4 members (excludes halogenated alkanes) is 13. The van der Waals surface area contributed by atoms with E-state index >= 15 is 0 Å². The Labute approximate surface area is 348 Å². The second-order valence-electron chi connectivity index (χ2n) is 15.7. The Balaban J connectivity index is 4.45. The van der Waals surface area contributed by atoms with Crippen molar-refractivity contribution < 1.29 is 42.1 Å². The molecule has 0 aliphatic rings. The molecule has 328 valence electrons. The third kappa shape index (κ3) is 42.9. The minimum Gasteiger partial charge on any atom is -0.462 e. The van der Waals surface area contributed by atoms with Crippen LogP contribution in [-0.2, 0) is 32.7 Å². The molecular formula is C47H83NO8P+. The zero-order chi connectivity index (χ0) is 42.1. The number of phosphoric acid groups is 1. The number of rotatable bonds is 39. The van der Waals surface area contributed by atoms with Crippen LogP contribution in [0.4, 0.5) is 0 Å². The summed E-state index contributed by atoms with van der Waals surface area (Å²) in [6, 6.07) is 0. The Morgan fingerprint density at radius 2 is 1.00 bits per heavy atom. The van der Waals surface area contributed by atoms with E-state index in [1.807, 2.05) is 21.1 Å². The maximum absolute atomic E-state index is 12.7. The summed E-state index contributed by atoms with van der Waals surface area (Å²) < 4.78 is 34.3. The highest BCUT2D eigenvalue weighted by molar-refractivity contribution is 7.47. The number of nitrogens with zero attached hydrogens (tertiary/aromatic N) is 1. The van der Waals surface area contributed by atoms with Crippen LogP contribution in [0.1, 0.15) is 162 Å². The van der Waals surface area contributed by atoms with Gasteiger partial charge in [0, 0.05) is 12.8 Å². The molecule has 0 radical (unpaired) electrons. The summed E-state index contributed by atoms with van der Waals surface area (Å²) in [5.74, 6) is -0.849. The van der Waals surface area contributed by atoms with E-state index in [1.165, 1.54) is 32.1 Å². The first-order chi connectivity index (χ1) is 27.5. The number of phosphoric ester groups is 1. The van der Waals surface area contributed by atoms with Crippen LogP contribution in [0, 0.1) is 0 Å². The molecule has 0 fully saturated rings. The molecule has 0 rings (SSSR count). The molecule has 2 atom stereocenters. The average Bonchev–Trinajstić information content (AvgIpc) is 3.16. The van der Waals surface area contributed by atoms with E-state index in [-0.39, 0.29) is 26.1 Å². The van der Waals surface area contributed by atoms with Crippen molar-refractivity contribution in [1.82, 2.24) is 0 Å². The van der Waals surface area contributed by atoms with Crippen molar-refractivity contribution in [2.24, 2.45) is 0 Å². The smallest absolute Gasteiger partial charge is 0.462 e. The molecule has 9 nitrogen and oxygen atoms in total. The van der Waals surface area contributed by atoms with Crippen molar-refractivity contribution in [3.63, 3.8) is 0 Å². The number of hydrogen-bond acceptors (Lipinski definition) is 7. The minimum atomic E-state index is -4.39. The SMILES string of the molecule is CC/C=C\C/C=C\C/C=C\C/C=C\CCCCCCC(=O)OC(COC(=O)CCCCCCC/C=C\C/C=C\CCCCCC)COP(=O)(O)OCC[N+](C)(C)C. The topological polar surface area (TPSA) is 108 Å².